The summed E-state index contributed by atoms with van der Waals surface area (Å²) in [6, 6.07) is 27.4. The number of nitrogens with zero attached hydrogens (tertiary/aromatic N) is 6. The van der Waals surface area contributed by atoms with Crippen LogP contribution in [-0.2, 0) is 0 Å². The summed E-state index contributed by atoms with van der Waals surface area (Å²) in [4.78, 5) is 9.98. The Balaban J connectivity index is 1.66. The van der Waals surface area contributed by atoms with Crippen molar-refractivity contribution >= 4 is 43.0 Å². The van der Waals surface area contributed by atoms with Crippen molar-refractivity contribution < 1.29 is 0 Å². The first-order chi connectivity index (χ1) is 29.3. The molecule has 0 amide bonds. The molecule has 0 aliphatic carbocycles. The van der Waals surface area contributed by atoms with E-state index in [1.54, 1.807) is 0 Å². The lowest BCUT2D eigenvalue weighted by Crippen LogP contribution is -2.37. The molecule has 2 aliphatic rings. The van der Waals surface area contributed by atoms with E-state index < -0.39 is 8.37 Å². The van der Waals surface area contributed by atoms with Crippen molar-refractivity contribution in [3.63, 3.8) is 0 Å². The molecule has 4 aromatic rings. The minimum Gasteiger partial charge on any atom is -0.310 e. The number of benzene rings is 4. The maximum absolute atomic E-state index is 7.56. The van der Waals surface area contributed by atoms with Gasteiger partial charge < -0.3 is 19.6 Å². The fourth-order valence-corrected chi connectivity index (χ4v) is 10.5. The molecule has 334 valence electrons. The second-order valence-electron chi connectivity index (χ2n) is 20.1. The van der Waals surface area contributed by atoms with Gasteiger partial charge in [0.05, 0.1) is 22.7 Å². The zero-order chi connectivity index (χ0) is 45.3. The first-order valence-corrected chi connectivity index (χ1v) is 25.0. The molecular formula is C54H78N7P. The van der Waals surface area contributed by atoms with Crippen LogP contribution < -0.4 is 25.1 Å². The molecule has 6 rings (SSSR count). The average molecular weight is 856 g/mol. The van der Waals surface area contributed by atoms with E-state index in [1.165, 1.54) is 67.3 Å². The predicted molar refractivity (Wildman–Crippen MR) is 274 cm³/mol. The van der Waals surface area contributed by atoms with Gasteiger partial charge in [-0.3, -0.25) is 5.50 Å². The largest absolute Gasteiger partial charge is 0.310 e. The molecule has 0 spiro atoms. The molecule has 2 aliphatic heterocycles. The van der Waals surface area contributed by atoms with Crippen molar-refractivity contribution in [1.29, 1.82) is 0 Å². The zero-order valence-corrected chi connectivity index (χ0v) is 42.0. The monoisotopic (exact) mass is 856 g/mol. The summed E-state index contributed by atoms with van der Waals surface area (Å²) >= 11 is 0. The molecule has 0 aromatic heterocycles. The molecule has 2 heterocycles. The molecule has 8 heteroatoms. The first kappa shape index (κ1) is 47.3. The Kier molecular flexibility index (Phi) is 15.0. The average Bonchev–Trinajstić information content (AvgIpc) is 3.82. The van der Waals surface area contributed by atoms with E-state index in [1.807, 2.05) is 0 Å². The molecule has 0 atom stereocenters. The van der Waals surface area contributed by atoms with Gasteiger partial charge in [-0.05, 0) is 91.9 Å². The van der Waals surface area contributed by atoms with Gasteiger partial charge >= 0.3 is 0 Å². The van der Waals surface area contributed by atoms with Crippen LogP contribution in [0.2, 0.25) is 0 Å². The molecule has 0 radical (unpaired) electrons. The van der Waals surface area contributed by atoms with Gasteiger partial charge in [0.25, 0.3) is 0 Å². The van der Waals surface area contributed by atoms with E-state index in [9.17, 15) is 0 Å². The standard InChI is InChI=1S/C54H78N7P/c1-33(2)41-21-17-22-42(34(3)4)49(41)58-29-30-59(50-43(35(5)6)23-18-24-44(50)36(7)8)53(58)56-62(55)57-54-60(51-45(37(9)10)25-19-26-46(51)38(11)12)31-32-61(54)52-47(39(13)14)27-20-28-48(52)40(15)16/h17-28,33-40H,29-32,55H2,1-16H3. The molecule has 7 nitrogen and oxygen atoms in total. The number of guanidine groups is 2. The van der Waals surface area contributed by atoms with Crippen molar-refractivity contribution in [2.24, 2.45) is 15.0 Å². The highest BCUT2D eigenvalue weighted by atomic mass is 31.1. The Morgan fingerprint density at radius 1 is 0.339 bits per heavy atom. The number of hydrogen-bond acceptors (Lipinski definition) is 3. The predicted octanol–water partition coefficient (Wildman–Crippen LogP) is 14.9. The topological polar surface area (TPSA) is 63.7 Å². The minimum absolute atomic E-state index is 0.334. The first-order valence-electron chi connectivity index (χ1n) is 23.7. The third-order valence-corrected chi connectivity index (χ3v) is 13.7. The molecule has 0 bridgehead atoms. The van der Waals surface area contributed by atoms with E-state index in [0.717, 1.165) is 38.1 Å². The fraction of sp³-hybridized carbons (Fsp3) is 0.519. The number of para-hydroxylation sites is 4. The van der Waals surface area contributed by atoms with Crippen molar-refractivity contribution in [1.82, 2.24) is 0 Å². The summed E-state index contributed by atoms with van der Waals surface area (Å²) in [5, 5.41) is 0. The van der Waals surface area contributed by atoms with Gasteiger partial charge in [-0.15, -0.1) is 0 Å². The van der Waals surface area contributed by atoms with Crippen LogP contribution in [-0.4, -0.2) is 38.1 Å². The van der Waals surface area contributed by atoms with E-state index in [-0.39, 0.29) is 0 Å². The number of hydrogen-bond donors (Lipinski definition) is 1. The highest BCUT2D eigenvalue weighted by Crippen LogP contribution is 2.46. The molecule has 2 fully saturated rings. The molecule has 4 aromatic carbocycles. The van der Waals surface area contributed by atoms with Crippen LogP contribution in [0.5, 0.6) is 0 Å². The van der Waals surface area contributed by atoms with Crippen molar-refractivity contribution in [3.8, 4) is 0 Å². The van der Waals surface area contributed by atoms with Gasteiger partial charge in [0.1, 0.15) is 0 Å². The van der Waals surface area contributed by atoms with E-state index in [4.69, 9.17) is 15.0 Å². The molecule has 0 unspecified atom stereocenters. The lowest BCUT2D eigenvalue weighted by molar-refractivity contribution is 0.821. The summed E-state index contributed by atoms with van der Waals surface area (Å²) in [6.07, 6.45) is 0. The summed E-state index contributed by atoms with van der Waals surface area (Å²) in [7, 11) is -1.76. The third kappa shape index (κ3) is 9.36. The summed E-state index contributed by atoms with van der Waals surface area (Å²) in [5.41, 5.74) is 23.4. The van der Waals surface area contributed by atoms with Crippen LogP contribution in [0.15, 0.2) is 82.3 Å². The second kappa shape index (κ2) is 19.7. The van der Waals surface area contributed by atoms with Crippen LogP contribution in [0.25, 0.3) is 0 Å². The number of nitrogens with two attached hydrogens (primary N) is 1. The Morgan fingerprint density at radius 2 is 0.500 bits per heavy atom. The Bertz CT molecular complexity index is 1840. The van der Waals surface area contributed by atoms with Crippen LogP contribution in [0.4, 0.5) is 22.7 Å². The molecule has 0 saturated carbocycles. The normalized spacial score (nSPS) is 15.1. The fourth-order valence-electron chi connectivity index (χ4n) is 9.65. The van der Waals surface area contributed by atoms with Gasteiger partial charge in [0.2, 0.25) is 20.3 Å². The van der Waals surface area contributed by atoms with Gasteiger partial charge in [-0.1, -0.05) is 184 Å². The lowest BCUT2D eigenvalue weighted by Gasteiger charge is -2.33. The maximum atomic E-state index is 7.56. The Hall–Kier alpha value is -4.19. The third-order valence-electron chi connectivity index (χ3n) is 12.9. The zero-order valence-electron chi connectivity index (χ0n) is 41.1. The Labute approximate surface area is 377 Å². The molecule has 2 N–H and O–H groups in total. The summed E-state index contributed by atoms with van der Waals surface area (Å²) in [5.74, 6) is 4.48. The molecule has 62 heavy (non-hydrogen) atoms. The quantitative estimate of drug-likeness (QED) is 0.128. The summed E-state index contributed by atoms with van der Waals surface area (Å²) in [6.45, 7) is 40.2. The second-order valence-corrected chi connectivity index (χ2v) is 21.1. The molecular weight excluding hydrogens is 778 g/mol. The van der Waals surface area contributed by atoms with Gasteiger partial charge in [0, 0.05) is 26.2 Å². The van der Waals surface area contributed by atoms with Crippen LogP contribution in [0.3, 0.4) is 0 Å². The SMILES string of the molecule is CC(C)c1cccc(C(C)C)c1N1CCN(c2c(C(C)C)cccc2C(C)C)C1=NP(N)N=C1N(c2c(C(C)C)cccc2C(C)C)CCN1c1c(C(C)C)cccc1C(C)C. The Morgan fingerprint density at radius 3 is 0.645 bits per heavy atom. The molecule has 2 saturated heterocycles. The number of anilines is 4. The van der Waals surface area contributed by atoms with Crippen LogP contribution in [0.1, 0.15) is 203 Å². The lowest BCUT2D eigenvalue weighted by atomic mass is 9.91. The van der Waals surface area contributed by atoms with E-state index in [0.29, 0.717) is 47.3 Å². The number of rotatable bonds is 14. The summed E-state index contributed by atoms with van der Waals surface area (Å²) < 4.78 is 11.4. The van der Waals surface area contributed by atoms with Crippen molar-refractivity contribution in [3.05, 3.63) is 117 Å². The highest BCUT2D eigenvalue weighted by molar-refractivity contribution is 7.52. The highest BCUT2D eigenvalue weighted by Gasteiger charge is 2.38. The van der Waals surface area contributed by atoms with Gasteiger partial charge in [0.15, 0.2) is 0 Å². The van der Waals surface area contributed by atoms with Crippen LogP contribution in [0, 0.1) is 0 Å². The van der Waals surface area contributed by atoms with Crippen molar-refractivity contribution in [2.45, 2.75) is 158 Å². The van der Waals surface area contributed by atoms with Gasteiger partial charge in [-0.2, -0.15) is 9.53 Å². The van der Waals surface area contributed by atoms with Gasteiger partial charge in [-0.25, -0.2) is 0 Å². The van der Waals surface area contributed by atoms with E-state index >= 15 is 0 Å². The smallest absolute Gasteiger partial charge is 0.219 e. The maximum Gasteiger partial charge on any atom is 0.219 e. The minimum atomic E-state index is -1.76. The van der Waals surface area contributed by atoms with Crippen LogP contribution >= 0.6 is 8.37 Å². The van der Waals surface area contributed by atoms with Crippen molar-refractivity contribution in [2.75, 3.05) is 45.8 Å². The van der Waals surface area contributed by atoms with E-state index in [2.05, 4.69) is 203 Å².